The van der Waals surface area contributed by atoms with Crippen molar-refractivity contribution in [1.82, 2.24) is 20.2 Å². The number of nitrogens with one attached hydrogen (secondary N) is 3. The van der Waals surface area contributed by atoms with E-state index >= 15 is 0 Å². The Morgan fingerprint density at radius 3 is 2.91 bits per heavy atom. The number of carbonyl (C=O) groups is 1. The second-order valence-corrected chi connectivity index (χ2v) is 5.39. The van der Waals surface area contributed by atoms with Crippen LogP contribution in [0.25, 0.3) is 11.0 Å². The van der Waals surface area contributed by atoms with Gasteiger partial charge in [-0.1, -0.05) is 12.1 Å². The number of ether oxygens (including phenoxy) is 1. The zero-order chi connectivity index (χ0) is 15.4. The van der Waals surface area contributed by atoms with E-state index in [4.69, 9.17) is 4.74 Å². The molecule has 0 spiro atoms. The molecule has 1 fully saturated rings. The fraction of sp³-hybridized carbons (Fsp3) is 0.467. The minimum Gasteiger partial charge on any atom is -0.381 e. The Balaban J connectivity index is 1.52. The predicted molar refractivity (Wildman–Crippen MR) is 82.9 cm³/mol. The van der Waals surface area contributed by atoms with E-state index in [1.807, 2.05) is 24.3 Å². The van der Waals surface area contributed by atoms with Crippen LogP contribution >= 0.6 is 0 Å². The van der Waals surface area contributed by atoms with Gasteiger partial charge in [0.1, 0.15) is 0 Å². The fourth-order valence-electron chi connectivity index (χ4n) is 2.69. The van der Waals surface area contributed by atoms with Crippen LogP contribution in [-0.4, -0.2) is 41.4 Å². The molecule has 2 aromatic rings. The zero-order valence-electron chi connectivity index (χ0n) is 12.3. The Morgan fingerprint density at radius 1 is 1.32 bits per heavy atom. The molecule has 118 valence electrons. The first-order valence-electron chi connectivity index (χ1n) is 7.54. The molecule has 0 aliphatic carbocycles. The average molecular weight is 304 g/mol. The smallest absolute Gasteiger partial charge is 0.326 e. The minimum atomic E-state index is -0.195. The number of para-hydroxylation sites is 2. The highest BCUT2D eigenvalue weighted by Gasteiger charge is 2.15. The van der Waals surface area contributed by atoms with Gasteiger partial charge in [-0.15, -0.1) is 0 Å². The first-order chi connectivity index (χ1) is 10.7. The molecule has 0 radical (unpaired) electrons. The monoisotopic (exact) mass is 304 g/mol. The molecule has 1 aliphatic heterocycles. The van der Waals surface area contributed by atoms with Crippen molar-refractivity contribution in [2.75, 3.05) is 19.8 Å². The van der Waals surface area contributed by atoms with Crippen molar-refractivity contribution in [2.24, 2.45) is 0 Å². The molecular formula is C15H20N4O3. The number of H-pyrrole nitrogens is 1. The fourth-order valence-corrected chi connectivity index (χ4v) is 2.69. The molecule has 2 heterocycles. The summed E-state index contributed by atoms with van der Waals surface area (Å²) in [4.78, 5) is 26.5. The maximum Gasteiger partial charge on any atom is 0.326 e. The highest BCUT2D eigenvalue weighted by atomic mass is 16.5. The largest absolute Gasteiger partial charge is 0.381 e. The van der Waals surface area contributed by atoms with Crippen LogP contribution in [0.4, 0.5) is 4.79 Å². The van der Waals surface area contributed by atoms with E-state index in [0.717, 1.165) is 23.9 Å². The van der Waals surface area contributed by atoms with E-state index in [1.54, 1.807) is 4.57 Å². The van der Waals surface area contributed by atoms with Crippen molar-refractivity contribution in [2.45, 2.75) is 25.4 Å². The molecule has 7 heteroatoms. The molecule has 1 aromatic heterocycles. The van der Waals surface area contributed by atoms with E-state index in [9.17, 15) is 9.59 Å². The lowest BCUT2D eigenvalue weighted by Gasteiger charge is -2.23. The van der Waals surface area contributed by atoms with Crippen LogP contribution in [0.1, 0.15) is 12.8 Å². The Hall–Kier alpha value is -2.28. The lowest BCUT2D eigenvalue weighted by Crippen LogP contribution is -2.45. The zero-order valence-corrected chi connectivity index (χ0v) is 12.3. The van der Waals surface area contributed by atoms with Gasteiger partial charge in [-0.25, -0.2) is 9.59 Å². The molecule has 1 aromatic carbocycles. The summed E-state index contributed by atoms with van der Waals surface area (Å²) < 4.78 is 6.88. The Kier molecular flexibility index (Phi) is 4.43. The molecule has 1 aliphatic rings. The van der Waals surface area contributed by atoms with Crippen LogP contribution in [0, 0.1) is 0 Å². The second-order valence-electron chi connectivity index (χ2n) is 5.39. The number of amides is 2. The van der Waals surface area contributed by atoms with Gasteiger partial charge in [0.2, 0.25) is 0 Å². The van der Waals surface area contributed by atoms with Crippen LogP contribution in [0.3, 0.4) is 0 Å². The number of aromatic nitrogens is 2. The van der Waals surface area contributed by atoms with Gasteiger partial charge in [0.25, 0.3) is 0 Å². The SMILES string of the molecule is O=C(NCCn1c(=O)[nH]c2ccccc21)NC1CCOCC1. The second kappa shape index (κ2) is 6.65. The molecule has 0 saturated carbocycles. The summed E-state index contributed by atoms with van der Waals surface area (Å²) in [7, 11) is 0. The molecule has 0 atom stereocenters. The van der Waals surface area contributed by atoms with Crippen molar-refractivity contribution < 1.29 is 9.53 Å². The standard InChI is InChI=1S/C15H20N4O3/c20-14(17-11-5-9-22-10-6-11)16-7-8-19-13-4-2-1-3-12(13)18-15(19)21/h1-4,11H,5-10H2,(H,18,21)(H2,16,17,20). The molecule has 3 N–H and O–H groups in total. The van der Waals surface area contributed by atoms with Gasteiger partial charge in [-0.3, -0.25) is 4.57 Å². The first kappa shape index (κ1) is 14.6. The highest BCUT2D eigenvalue weighted by molar-refractivity contribution is 5.75. The van der Waals surface area contributed by atoms with E-state index in [0.29, 0.717) is 26.3 Å². The van der Waals surface area contributed by atoms with Crippen LogP contribution in [0.5, 0.6) is 0 Å². The number of hydrogen-bond acceptors (Lipinski definition) is 3. The first-order valence-corrected chi connectivity index (χ1v) is 7.54. The molecule has 1 saturated heterocycles. The van der Waals surface area contributed by atoms with Crippen molar-refractivity contribution >= 4 is 17.1 Å². The number of fused-ring (bicyclic) bond motifs is 1. The van der Waals surface area contributed by atoms with E-state index < -0.39 is 0 Å². The molecule has 2 amide bonds. The summed E-state index contributed by atoms with van der Waals surface area (Å²) in [6.07, 6.45) is 1.69. The summed E-state index contributed by atoms with van der Waals surface area (Å²) in [6.45, 7) is 2.21. The van der Waals surface area contributed by atoms with Gasteiger partial charge in [-0.05, 0) is 25.0 Å². The lowest BCUT2D eigenvalue weighted by molar-refractivity contribution is 0.0801. The summed E-state index contributed by atoms with van der Waals surface area (Å²) in [6, 6.07) is 7.48. The minimum absolute atomic E-state index is 0.159. The van der Waals surface area contributed by atoms with Crippen LogP contribution in [-0.2, 0) is 11.3 Å². The number of urea groups is 1. The number of hydrogen-bond donors (Lipinski definition) is 3. The normalized spacial score (nSPS) is 15.8. The quantitative estimate of drug-likeness (QED) is 0.781. The Labute approximate surface area is 127 Å². The highest BCUT2D eigenvalue weighted by Crippen LogP contribution is 2.08. The lowest BCUT2D eigenvalue weighted by atomic mass is 10.1. The molecular weight excluding hydrogens is 284 g/mol. The van der Waals surface area contributed by atoms with E-state index in [-0.39, 0.29) is 17.8 Å². The maximum atomic E-state index is 11.9. The molecule has 22 heavy (non-hydrogen) atoms. The van der Waals surface area contributed by atoms with Gasteiger partial charge >= 0.3 is 11.7 Å². The maximum absolute atomic E-state index is 11.9. The van der Waals surface area contributed by atoms with Crippen LogP contribution in [0.15, 0.2) is 29.1 Å². The van der Waals surface area contributed by atoms with Gasteiger partial charge in [-0.2, -0.15) is 0 Å². The topological polar surface area (TPSA) is 88.2 Å². The third kappa shape index (κ3) is 3.30. The third-order valence-electron chi connectivity index (χ3n) is 3.86. The molecule has 7 nitrogen and oxygen atoms in total. The van der Waals surface area contributed by atoms with Gasteiger partial charge in [0.05, 0.1) is 11.0 Å². The van der Waals surface area contributed by atoms with Gasteiger partial charge in [0.15, 0.2) is 0 Å². The van der Waals surface area contributed by atoms with E-state index in [2.05, 4.69) is 15.6 Å². The number of nitrogens with zero attached hydrogens (tertiary/aromatic N) is 1. The van der Waals surface area contributed by atoms with Crippen LogP contribution < -0.4 is 16.3 Å². The average Bonchev–Trinajstić information content (AvgIpc) is 2.84. The van der Waals surface area contributed by atoms with Crippen molar-refractivity contribution in [3.63, 3.8) is 0 Å². The summed E-state index contributed by atoms with van der Waals surface area (Å²) in [5.74, 6) is 0. The molecule has 0 unspecified atom stereocenters. The van der Waals surface area contributed by atoms with Crippen molar-refractivity contribution in [3.05, 3.63) is 34.7 Å². The van der Waals surface area contributed by atoms with Crippen LogP contribution in [0.2, 0.25) is 0 Å². The number of benzene rings is 1. The Morgan fingerprint density at radius 2 is 2.09 bits per heavy atom. The third-order valence-corrected chi connectivity index (χ3v) is 3.86. The summed E-state index contributed by atoms with van der Waals surface area (Å²) in [5.41, 5.74) is 1.49. The van der Waals surface area contributed by atoms with Crippen molar-refractivity contribution in [3.8, 4) is 0 Å². The number of rotatable bonds is 4. The predicted octanol–water partition coefficient (Wildman–Crippen LogP) is 0.808. The van der Waals surface area contributed by atoms with Gasteiger partial charge in [0, 0.05) is 32.3 Å². The van der Waals surface area contributed by atoms with E-state index in [1.165, 1.54) is 0 Å². The van der Waals surface area contributed by atoms with Gasteiger partial charge < -0.3 is 20.4 Å². The Bertz CT molecular complexity index is 700. The van der Waals surface area contributed by atoms with Crippen molar-refractivity contribution in [1.29, 1.82) is 0 Å². The summed E-state index contributed by atoms with van der Waals surface area (Å²) in [5, 5.41) is 5.72. The summed E-state index contributed by atoms with van der Waals surface area (Å²) >= 11 is 0. The molecule has 0 bridgehead atoms. The molecule has 3 rings (SSSR count). The number of imidazole rings is 1. The number of aromatic amines is 1. The number of carbonyl (C=O) groups excluding carboxylic acids is 1.